The second-order valence-corrected chi connectivity index (χ2v) is 5.34. The normalized spacial score (nSPS) is 16.8. The van der Waals surface area contributed by atoms with E-state index in [2.05, 4.69) is 20.8 Å². The maximum atomic E-state index is 10.3. The first-order valence-electron chi connectivity index (χ1n) is 7.45. The van der Waals surface area contributed by atoms with Crippen molar-refractivity contribution in [1.29, 1.82) is 0 Å². The van der Waals surface area contributed by atoms with Gasteiger partial charge in [0.15, 0.2) is 0 Å². The molecule has 0 saturated heterocycles. The van der Waals surface area contributed by atoms with Crippen LogP contribution in [0.25, 0.3) is 0 Å². The van der Waals surface area contributed by atoms with Gasteiger partial charge in [-0.05, 0) is 19.3 Å². The zero-order valence-electron chi connectivity index (χ0n) is 12.0. The molecule has 104 valence electrons. The van der Waals surface area contributed by atoms with Crippen LogP contribution in [-0.4, -0.2) is 22.9 Å². The van der Waals surface area contributed by atoms with Crippen molar-refractivity contribution in [2.75, 3.05) is 6.61 Å². The van der Waals surface area contributed by atoms with Crippen molar-refractivity contribution in [3.63, 3.8) is 0 Å². The predicted molar refractivity (Wildman–Crippen MR) is 74.1 cm³/mol. The molecule has 0 aromatic rings. The van der Waals surface area contributed by atoms with E-state index in [1.807, 2.05) is 0 Å². The molecule has 0 fully saturated rings. The van der Waals surface area contributed by atoms with Crippen molar-refractivity contribution in [1.82, 2.24) is 0 Å². The van der Waals surface area contributed by atoms with E-state index in [0.29, 0.717) is 0 Å². The Morgan fingerprint density at radius 1 is 0.941 bits per heavy atom. The molecule has 0 amide bonds. The molecule has 0 aliphatic carbocycles. The number of hydrogen-bond acceptors (Lipinski definition) is 2. The lowest BCUT2D eigenvalue weighted by Crippen LogP contribution is -2.38. The Labute approximate surface area is 107 Å². The third-order valence-electron chi connectivity index (χ3n) is 4.09. The SMILES string of the molecule is CCCCCCC(O)C(CC)(CO)CCCC. The van der Waals surface area contributed by atoms with Crippen molar-refractivity contribution in [2.45, 2.75) is 84.7 Å². The average molecular weight is 244 g/mol. The molecule has 2 heteroatoms. The summed E-state index contributed by atoms with van der Waals surface area (Å²) < 4.78 is 0. The molecule has 0 heterocycles. The average Bonchev–Trinajstić information content (AvgIpc) is 2.36. The van der Waals surface area contributed by atoms with E-state index in [-0.39, 0.29) is 18.1 Å². The Morgan fingerprint density at radius 2 is 1.59 bits per heavy atom. The van der Waals surface area contributed by atoms with Gasteiger partial charge < -0.3 is 10.2 Å². The van der Waals surface area contributed by atoms with Crippen LogP contribution in [0.1, 0.15) is 78.6 Å². The third kappa shape index (κ3) is 5.87. The Kier molecular flexibility index (Phi) is 9.85. The molecule has 0 rings (SSSR count). The van der Waals surface area contributed by atoms with Crippen LogP contribution in [0.5, 0.6) is 0 Å². The highest BCUT2D eigenvalue weighted by atomic mass is 16.3. The number of unbranched alkanes of at least 4 members (excludes halogenated alkanes) is 4. The monoisotopic (exact) mass is 244 g/mol. The molecule has 0 radical (unpaired) electrons. The van der Waals surface area contributed by atoms with Gasteiger partial charge in [-0.15, -0.1) is 0 Å². The summed E-state index contributed by atoms with van der Waals surface area (Å²) in [5.41, 5.74) is -0.248. The van der Waals surface area contributed by atoms with Crippen LogP contribution in [-0.2, 0) is 0 Å². The van der Waals surface area contributed by atoms with E-state index in [0.717, 1.165) is 38.5 Å². The predicted octanol–water partition coefficient (Wildman–Crippen LogP) is 3.90. The van der Waals surface area contributed by atoms with Gasteiger partial charge >= 0.3 is 0 Å². The fraction of sp³-hybridized carbons (Fsp3) is 1.00. The molecule has 0 saturated carbocycles. The van der Waals surface area contributed by atoms with Crippen LogP contribution in [0.2, 0.25) is 0 Å². The number of hydrogen-bond donors (Lipinski definition) is 2. The fourth-order valence-corrected chi connectivity index (χ4v) is 2.47. The molecular weight excluding hydrogens is 212 g/mol. The summed E-state index contributed by atoms with van der Waals surface area (Å²) in [5, 5.41) is 19.9. The van der Waals surface area contributed by atoms with E-state index in [1.54, 1.807) is 0 Å². The highest BCUT2D eigenvalue weighted by Gasteiger charge is 2.34. The van der Waals surface area contributed by atoms with Gasteiger partial charge in [0.2, 0.25) is 0 Å². The van der Waals surface area contributed by atoms with E-state index in [1.165, 1.54) is 19.3 Å². The molecule has 2 nitrogen and oxygen atoms in total. The van der Waals surface area contributed by atoms with E-state index < -0.39 is 0 Å². The first kappa shape index (κ1) is 16.9. The summed E-state index contributed by atoms with van der Waals surface area (Å²) in [6.45, 7) is 6.56. The quantitative estimate of drug-likeness (QED) is 0.541. The van der Waals surface area contributed by atoms with E-state index in [9.17, 15) is 10.2 Å². The van der Waals surface area contributed by atoms with Crippen molar-refractivity contribution in [3.8, 4) is 0 Å². The van der Waals surface area contributed by atoms with Crippen LogP contribution in [0.3, 0.4) is 0 Å². The minimum atomic E-state index is -0.332. The van der Waals surface area contributed by atoms with Crippen LogP contribution < -0.4 is 0 Å². The minimum absolute atomic E-state index is 0.123. The minimum Gasteiger partial charge on any atom is -0.396 e. The summed E-state index contributed by atoms with van der Waals surface area (Å²) in [6, 6.07) is 0. The van der Waals surface area contributed by atoms with Gasteiger partial charge in [-0.2, -0.15) is 0 Å². The number of aliphatic hydroxyl groups is 2. The summed E-state index contributed by atoms with van der Waals surface area (Å²) >= 11 is 0. The molecule has 0 spiro atoms. The standard InChI is InChI=1S/C15H32O2/c1-4-7-9-10-11-14(17)15(6-3,13-16)12-8-5-2/h14,16-17H,4-13H2,1-3H3. The van der Waals surface area contributed by atoms with Gasteiger partial charge in [-0.3, -0.25) is 0 Å². The molecular formula is C15H32O2. The Bertz CT molecular complexity index is 164. The molecule has 2 atom stereocenters. The van der Waals surface area contributed by atoms with Gasteiger partial charge in [-0.25, -0.2) is 0 Å². The zero-order chi connectivity index (χ0) is 13.1. The largest absolute Gasteiger partial charge is 0.396 e. The molecule has 0 aliphatic heterocycles. The van der Waals surface area contributed by atoms with Gasteiger partial charge in [0.1, 0.15) is 0 Å². The smallest absolute Gasteiger partial charge is 0.0618 e. The Balaban J connectivity index is 4.16. The van der Waals surface area contributed by atoms with Crippen molar-refractivity contribution in [2.24, 2.45) is 5.41 Å². The lowest BCUT2D eigenvalue weighted by Gasteiger charge is -2.36. The van der Waals surface area contributed by atoms with Gasteiger partial charge in [0.05, 0.1) is 12.7 Å². The summed E-state index contributed by atoms with van der Waals surface area (Å²) in [7, 11) is 0. The fourth-order valence-electron chi connectivity index (χ4n) is 2.47. The topological polar surface area (TPSA) is 40.5 Å². The molecule has 0 bridgehead atoms. The number of rotatable bonds is 11. The van der Waals surface area contributed by atoms with Crippen molar-refractivity contribution in [3.05, 3.63) is 0 Å². The van der Waals surface area contributed by atoms with Gasteiger partial charge in [0, 0.05) is 5.41 Å². The highest BCUT2D eigenvalue weighted by molar-refractivity contribution is 4.84. The van der Waals surface area contributed by atoms with Crippen molar-refractivity contribution >= 4 is 0 Å². The molecule has 17 heavy (non-hydrogen) atoms. The van der Waals surface area contributed by atoms with Crippen LogP contribution in [0.15, 0.2) is 0 Å². The summed E-state index contributed by atoms with van der Waals surface area (Å²) in [4.78, 5) is 0. The lowest BCUT2D eigenvalue weighted by atomic mass is 9.74. The zero-order valence-corrected chi connectivity index (χ0v) is 12.0. The van der Waals surface area contributed by atoms with E-state index in [4.69, 9.17) is 0 Å². The van der Waals surface area contributed by atoms with Crippen LogP contribution >= 0.6 is 0 Å². The van der Waals surface area contributed by atoms with Crippen LogP contribution in [0, 0.1) is 5.41 Å². The second kappa shape index (κ2) is 9.90. The Morgan fingerprint density at radius 3 is 2.06 bits per heavy atom. The van der Waals surface area contributed by atoms with E-state index >= 15 is 0 Å². The lowest BCUT2D eigenvalue weighted by molar-refractivity contribution is -0.0335. The highest BCUT2D eigenvalue weighted by Crippen LogP contribution is 2.34. The Hall–Kier alpha value is -0.0800. The summed E-state index contributed by atoms with van der Waals surface area (Å²) in [5.74, 6) is 0. The van der Waals surface area contributed by atoms with Crippen LogP contribution in [0.4, 0.5) is 0 Å². The van der Waals surface area contributed by atoms with Gasteiger partial charge in [-0.1, -0.05) is 59.3 Å². The maximum absolute atomic E-state index is 10.3. The molecule has 0 aliphatic rings. The third-order valence-corrected chi connectivity index (χ3v) is 4.09. The molecule has 2 N–H and O–H groups in total. The first-order chi connectivity index (χ1) is 8.16. The second-order valence-electron chi connectivity index (χ2n) is 5.34. The maximum Gasteiger partial charge on any atom is 0.0618 e. The molecule has 2 unspecified atom stereocenters. The number of aliphatic hydroxyl groups excluding tert-OH is 2. The molecule has 0 aromatic carbocycles. The molecule has 0 aromatic heterocycles. The first-order valence-corrected chi connectivity index (χ1v) is 7.45. The summed E-state index contributed by atoms with van der Waals surface area (Å²) in [6.07, 6.45) is 9.33. The van der Waals surface area contributed by atoms with Crippen molar-refractivity contribution < 1.29 is 10.2 Å². The van der Waals surface area contributed by atoms with Gasteiger partial charge in [0.25, 0.3) is 0 Å².